The lowest BCUT2D eigenvalue weighted by molar-refractivity contribution is -0.144. The van der Waals surface area contributed by atoms with E-state index in [0.717, 1.165) is 61.5 Å². The Bertz CT molecular complexity index is 1620. The smallest absolute Gasteiger partial charge is 0.329 e. The molecule has 46 heavy (non-hydrogen) atoms. The van der Waals surface area contributed by atoms with Crippen LogP contribution in [0.1, 0.15) is 100 Å². The molecule has 7 rings (SSSR count). The van der Waals surface area contributed by atoms with Crippen molar-refractivity contribution in [1.29, 1.82) is 0 Å². The number of carbonyl (C=O) groups is 1. The Kier molecular flexibility index (Phi) is 8.33. The van der Waals surface area contributed by atoms with Crippen LogP contribution in [0.15, 0.2) is 48.7 Å². The number of nitrogens with zero attached hydrogens (tertiary/aromatic N) is 1. The fourth-order valence-electron chi connectivity index (χ4n) is 8.77. The molecule has 1 aliphatic heterocycles. The number of hydrogen-bond acceptors (Lipinski definition) is 6. The van der Waals surface area contributed by atoms with Crippen LogP contribution in [0.25, 0.3) is 0 Å². The summed E-state index contributed by atoms with van der Waals surface area (Å²) >= 11 is 6.26. The van der Waals surface area contributed by atoms with Crippen molar-refractivity contribution >= 4 is 23.3 Å². The van der Waals surface area contributed by atoms with E-state index in [4.69, 9.17) is 25.8 Å². The number of carboxylic acid groups (broad SMARTS) is 1. The molecule has 244 valence electrons. The molecule has 2 aromatic carbocycles. The van der Waals surface area contributed by atoms with Gasteiger partial charge in [-0.05, 0) is 128 Å². The standard InChI is InChI=1S/C38H45ClN2O5/c1-4-34-45-32-19-25-18-26(17-23(2)22-44-31-11-16-40-30-10-5-7-24(3)35(30)31)37(29(25)21-33(32)46-34)12-14-38(15-13-37,36(42)43)41-28-9-6-8-27(39)20-28/h6,8-9,11,16,19-21,23-24,26,34,41H,4-5,7,10,12-15,17-18,22H2,1-3H3,(H,42,43)/t23-,24-,26+,34+,37?,38?/m1/s1. The van der Waals surface area contributed by atoms with Gasteiger partial charge in [0.1, 0.15) is 11.3 Å². The first-order valence-corrected chi connectivity index (χ1v) is 17.5. The number of carboxylic acids is 1. The maximum absolute atomic E-state index is 12.9. The van der Waals surface area contributed by atoms with E-state index in [-0.39, 0.29) is 11.7 Å². The molecule has 3 aliphatic carbocycles. The van der Waals surface area contributed by atoms with Crippen LogP contribution in [-0.4, -0.2) is 34.5 Å². The Labute approximate surface area is 277 Å². The van der Waals surface area contributed by atoms with Crippen molar-refractivity contribution in [2.24, 2.45) is 11.8 Å². The third-order valence-corrected chi connectivity index (χ3v) is 11.4. The average molecular weight is 645 g/mol. The number of benzene rings is 2. The molecule has 8 heteroatoms. The second kappa shape index (κ2) is 12.3. The molecule has 4 atom stereocenters. The number of pyridine rings is 1. The average Bonchev–Trinajstić information content (AvgIpc) is 3.57. The predicted octanol–water partition coefficient (Wildman–Crippen LogP) is 8.71. The van der Waals surface area contributed by atoms with Gasteiger partial charge in [-0.25, -0.2) is 4.79 Å². The van der Waals surface area contributed by atoms with E-state index >= 15 is 0 Å². The Balaban J connectivity index is 1.14. The number of aryl methyl sites for hydroxylation is 1. The predicted molar refractivity (Wildman–Crippen MR) is 179 cm³/mol. The number of halogens is 1. The van der Waals surface area contributed by atoms with E-state index in [1.165, 1.54) is 35.2 Å². The molecule has 2 heterocycles. The first-order chi connectivity index (χ1) is 22.2. The van der Waals surface area contributed by atoms with Crippen LogP contribution in [0.3, 0.4) is 0 Å². The first kappa shape index (κ1) is 31.2. The highest BCUT2D eigenvalue weighted by Gasteiger charge is 2.54. The van der Waals surface area contributed by atoms with Gasteiger partial charge in [0.25, 0.3) is 0 Å². The van der Waals surface area contributed by atoms with Crippen molar-refractivity contribution in [3.63, 3.8) is 0 Å². The van der Waals surface area contributed by atoms with Crippen LogP contribution in [0, 0.1) is 11.8 Å². The summed E-state index contributed by atoms with van der Waals surface area (Å²) in [7, 11) is 0. The number of nitrogens with one attached hydrogen (secondary N) is 1. The Morgan fingerprint density at radius 3 is 2.67 bits per heavy atom. The minimum Gasteiger partial charge on any atom is -0.493 e. The molecular formula is C38H45ClN2O5. The monoisotopic (exact) mass is 644 g/mol. The molecule has 1 spiro atoms. The van der Waals surface area contributed by atoms with E-state index < -0.39 is 11.5 Å². The summed E-state index contributed by atoms with van der Waals surface area (Å²) < 4.78 is 18.8. The van der Waals surface area contributed by atoms with Gasteiger partial charge in [-0.2, -0.15) is 0 Å². The molecule has 1 aromatic heterocycles. The summed E-state index contributed by atoms with van der Waals surface area (Å²) in [5.41, 5.74) is 4.62. The number of fused-ring (bicyclic) bond motifs is 4. The lowest BCUT2D eigenvalue weighted by Gasteiger charge is -2.47. The van der Waals surface area contributed by atoms with Crippen molar-refractivity contribution in [3.8, 4) is 17.2 Å². The largest absolute Gasteiger partial charge is 0.493 e. The Morgan fingerprint density at radius 1 is 1.15 bits per heavy atom. The van der Waals surface area contributed by atoms with Gasteiger partial charge in [0.2, 0.25) is 6.29 Å². The highest BCUT2D eigenvalue weighted by atomic mass is 35.5. The minimum absolute atomic E-state index is 0.147. The normalized spacial score (nSPS) is 28.4. The van der Waals surface area contributed by atoms with E-state index in [1.807, 2.05) is 24.4 Å². The topological polar surface area (TPSA) is 89.9 Å². The zero-order valence-corrected chi connectivity index (χ0v) is 27.9. The highest BCUT2D eigenvalue weighted by molar-refractivity contribution is 6.30. The molecular weight excluding hydrogens is 600 g/mol. The third-order valence-electron chi connectivity index (χ3n) is 11.2. The van der Waals surface area contributed by atoms with Crippen molar-refractivity contribution < 1.29 is 24.1 Å². The van der Waals surface area contributed by atoms with E-state index in [1.54, 1.807) is 12.1 Å². The summed E-state index contributed by atoms with van der Waals surface area (Å²) in [5, 5.41) is 14.5. The van der Waals surface area contributed by atoms with E-state index in [2.05, 4.69) is 43.2 Å². The molecule has 0 amide bonds. The van der Waals surface area contributed by atoms with Crippen molar-refractivity contribution in [3.05, 3.63) is 76.1 Å². The highest BCUT2D eigenvalue weighted by Crippen LogP contribution is 2.58. The summed E-state index contributed by atoms with van der Waals surface area (Å²) in [6.07, 6.45) is 10.3. The number of hydrogen-bond donors (Lipinski definition) is 2. The fourth-order valence-corrected chi connectivity index (χ4v) is 8.96. The minimum atomic E-state index is -1.06. The van der Waals surface area contributed by atoms with Gasteiger partial charge >= 0.3 is 5.97 Å². The zero-order chi connectivity index (χ0) is 32.1. The quantitative estimate of drug-likeness (QED) is 0.241. The molecule has 4 aliphatic rings. The summed E-state index contributed by atoms with van der Waals surface area (Å²) in [6.45, 7) is 7.27. The summed E-state index contributed by atoms with van der Waals surface area (Å²) in [5.74, 6) is 2.95. The number of ether oxygens (including phenoxy) is 3. The molecule has 2 N–H and O–H groups in total. The molecule has 0 bridgehead atoms. The third kappa shape index (κ3) is 5.59. The number of aliphatic carboxylic acids is 1. The van der Waals surface area contributed by atoms with Crippen molar-refractivity contribution in [2.75, 3.05) is 11.9 Å². The molecule has 3 aromatic rings. The molecule has 1 saturated carbocycles. The second-order valence-corrected chi connectivity index (χ2v) is 14.7. The van der Waals surface area contributed by atoms with Gasteiger partial charge in [0.15, 0.2) is 11.5 Å². The molecule has 0 radical (unpaired) electrons. The zero-order valence-electron chi connectivity index (χ0n) is 27.1. The number of aromatic nitrogens is 1. The van der Waals surface area contributed by atoms with Crippen LogP contribution >= 0.6 is 11.6 Å². The maximum Gasteiger partial charge on any atom is 0.329 e. The fraction of sp³-hybridized carbons (Fsp3) is 0.526. The lowest BCUT2D eigenvalue weighted by atomic mass is 9.59. The second-order valence-electron chi connectivity index (χ2n) is 14.2. The Morgan fingerprint density at radius 2 is 1.93 bits per heavy atom. The number of rotatable bonds is 9. The van der Waals surface area contributed by atoms with Crippen molar-refractivity contribution in [1.82, 2.24) is 4.98 Å². The van der Waals surface area contributed by atoms with Gasteiger partial charge < -0.3 is 24.6 Å². The first-order valence-electron chi connectivity index (χ1n) is 17.1. The Hall–Kier alpha value is -3.45. The summed E-state index contributed by atoms with van der Waals surface area (Å²) in [4.78, 5) is 17.5. The van der Waals surface area contributed by atoms with Crippen molar-refractivity contribution in [2.45, 2.75) is 108 Å². The molecule has 1 fully saturated rings. The van der Waals surface area contributed by atoms with E-state index in [0.29, 0.717) is 42.2 Å². The van der Waals surface area contributed by atoms with Gasteiger partial charge in [-0.3, -0.25) is 4.98 Å². The van der Waals surface area contributed by atoms with Gasteiger partial charge in [0.05, 0.1) is 6.61 Å². The SMILES string of the molecule is CC[C@H]1Oc2cc3c(cc2O1)C1(CCC(Nc2cccc(Cl)c2)(C(=O)O)CC1)[C@@H](C[C@@H](C)COc1ccnc2c1[C@H](C)CCC2)C3. The van der Waals surface area contributed by atoms with Crippen LogP contribution in [0.2, 0.25) is 5.02 Å². The van der Waals surface area contributed by atoms with Gasteiger partial charge in [0, 0.05) is 34.6 Å². The van der Waals surface area contributed by atoms with Crippen LogP contribution in [0.4, 0.5) is 5.69 Å². The lowest BCUT2D eigenvalue weighted by Crippen LogP contribution is -2.53. The van der Waals surface area contributed by atoms with Crippen LogP contribution < -0.4 is 19.5 Å². The van der Waals surface area contributed by atoms with Gasteiger partial charge in [-0.15, -0.1) is 0 Å². The molecule has 7 nitrogen and oxygen atoms in total. The molecule has 0 saturated heterocycles. The summed E-state index contributed by atoms with van der Waals surface area (Å²) in [6, 6.07) is 13.8. The molecule has 0 unspecified atom stereocenters. The maximum atomic E-state index is 12.9. The van der Waals surface area contributed by atoms with E-state index in [9.17, 15) is 9.90 Å². The number of anilines is 1. The van der Waals surface area contributed by atoms with Crippen LogP contribution in [-0.2, 0) is 23.1 Å². The van der Waals surface area contributed by atoms with Crippen LogP contribution in [0.5, 0.6) is 17.2 Å². The van der Waals surface area contributed by atoms with Gasteiger partial charge in [-0.1, -0.05) is 38.4 Å².